The monoisotopic (exact) mass is 270 g/mol. The molecule has 0 radical (unpaired) electrons. The number of nitrogens with zero attached hydrogens (tertiary/aromatic N) is 2. The zero-order chi connectivity index (χ0) is 14.4. The highest BCUT2D eigenvalue weighted by atomic mass is 19.3. The van der Waals surface area contributed by atoms with Crippen LogP contribution in [0.25, 0.3) is 0 Å². The molecule has 0 saturated carbocycles. The lowest BCUT2D eigenvalue weighted by molar-refractivity contribution is -0.142. The fourth-order valence-corrected chi connectivity index (χ4v) is 1.46. The maximum atomic E-state index is 12.9. The van der Waals surface area contributed by atoms with Gasteiger partial charge < -0.3 is 9.47 Å². The van der Waals surface area contributed by atoms with Crippen LogP contribution in [-0.2, 0) is 16.0 Å². The quantitative estimate of drug-likeness (QED) is 0.765. The molecule has 1 heterocycles. The molecule has 0 bridgehead atoms. The highest BCUT2D eigenvalue weighted by Crippen LogP contribution is 2.28. The highest BCUT2D eigenvalue weighted by Gasteiger charge is 2.21. The number of pyridine rings is 1. The minimum atomic E-state index is -2.82. The summed E-state index contributed by atoms with van der Waals surface area (Å²) in [5.74, 6) is -0.726. The molecule has 0 spiro atoms. The number of hydrogen-bond donors (Lipinski definition) is 0. The molecule has 0 aromatic carbocycles. The molecule has 19 heavy (non-hydrogen) atoms. The summed E-state index contributed by atoms with van der Waals surface area (Å²) in [5, 5.41) is 8.84. The largest absolute Gasteiger partial charge is 0.494 e. The van der Waals surface area contributed by atoms with Crippen LogP contribution in [0, 0.1) is 11.3 Å². The molecule has 1 rings (SSSR count). The summed E-state index contributed by atoms with van der Waals surface area (Å²) in [4.78, 5) is 15.1. The van der Waals surface area contributed by atoms with E-state index in [9.17, 15) is 13.6 Å². The third-order valence-corrected chi connectivity index (χ3v) is 2.28. The molecule has 0 aliphatic carbocycles. The number of hydrogen-bond acceptors (Lipinski definition) is 5. The Morgan fingerprint density at radius 1 is 1.58 bits per heavy atom. The Labute approximate surface area is 108 Å². The molecule has 1 aromatic rings. The smallest absolute Gasteiger partial charge is 0.311 e. The van der Waals surface area contributed by atoms with Crippen molar-refractivity contribution >= 4 is 5.97 Å². The predicted molar refractivity (Wildman–Crippen MR) is 60.8 cm³/mol. The molecule has 7 heteroatoms. The summed E-state index contributed by atoms with van der Waals surface area (Å²) in [6, 6.07) is 2.74. The first-order valence-electron chi connectivity index (χ1n) is 5.45. The van der Waals surface area contributed by atoms with Gasteiger partial charge in [0.1, 0.15) is 6.07 Å². The Kier molecular flexibility index (Phi) is 5.18. The van der Waals surface area contributed by atoms with E-state index in [2.05, 4.69) is 9.72 Å². The van der Waals surface area contributed by atoms with Gasteiger partial charge in [0.25, 0.3) is 6.43 Å². The average molecular weight is 270 g/mol. The van der Waals surface area contributed by atoms with Crippen molar-refractivity contribution in [3.05, 3.63) is 23.0 Å². The summed E-state index contributed by atoms with van der Waals surface area (Å²) in [6.07, 6.45) is -3.23. The number of halogens is 2. The van der Waals surface area contributed by atoms with Crippen LogP contribution in [0.5, 0.6) is 5.75 Å². The van der Waals surface area contributed by atoms with Crippen molar-refractivity contribution in [2.45, 2.75) is 19.8 Å². The molecule has 0 amide bonds. The van der Waals surface area contributed by atoms with Gasteiger partial charge in [0, 0.05) is 5.56 Å². The normalized spacial score (nSPS) is 10.1. The van der Waals surface area contributed by atoms with E-state index >= 15 is 0 Å². The van der Waals surface area contributed by atoms with Crippen molar-refractivity contribution < 1.29 is 23.0 Å². The lowest BCUT2D eigenvalue weighted by atomic mass is 10.1. The van der Waals surface area contributed by atoms with E-state index < -0.39 is 24.4 Å². The van der Waals surface area contributed by atoms with Gasteiger partial charge in [-0.1, -0.05) is 0 Å². The van der Waals surface area contributed by atoms with Crippen molar-refractivity contribution in [1.82, 2.24) is 4.98 Å². The van der Waals surface area contributed by atoms with Crippen LogP contribution in [0.1, 0.15) is 30.3 Å². The van der Waals surface area contributed by atoms with E-state index in [1.54, 1.807) is 13.0 Å². The molecule has 0 fully saturated rings. The summed E-state index contributed by atoms with van der Waals surface area (Å²) in [5.41, 5.74) is -0.763. The Morgan fingerprint density at radius 3 is 2.74 bits per heavy atom. The number of rotatable bonds is 5. The van der Waals surface area contributed by atoms with Crippen molar-refractivity contribution in [2.75, 3.05) is 13.7 Å². The molecule has 0 aliphatic rings. The lowest BCUT2D eigenvalue weighted by Crippen LogP contribution is -2.12. The summed E-state index contributed by atoms with van der Waals surface area (Å²) < 4.78 is 35.2. The van der Waals surface area contributed by atoms with Gasteiger partial charge in [-0.25, -0.2) is 13.8 Å². The predicted octanol–water partition coefficient (Wildman–Crippen LogP) is 2.01. The van der Waals surface area contributed by atoms with E-state index in [4.69, 9.17) is 10.00 Å². The van der Waals surface area contributed by atoms with Gasteiger partial charge in [-0.3, -0.25) is 4.79 Å². The minimum absolute atomic E-state index is 0.0505. The van der Waals surface area contributed by atoms with E-state index in [1.165, 1.54) is 7.11 Å². The number of carbonyl (C=O) groups is 1. The van der Waals surface area contributed by atoms with Crippen molar-refractivity contribution in [2.24, 2.45) is 0 Å². The standard InChI is InChI=1S/C12H12F2N2O3/c1-3-19-11(17)5-8-7(12(13)14)4-10(18-2)9(6-15)16-8/h4,12H,3,5H2,1-2H3. The lowest BCUT2D eigenvalue weighted by Gasteiger charge is -2.11. The van der Waals surface area contributed by atoms with E-state index in [0.717, 1.165) is 6.07 Å². The van der Waals surface area contributed by atoms with Gasteiger partial charge in [-0.2, -0.15) is 5.26 Å². The van der Waals surface area contributed by atoms with Crippen LogP contribution in [0.3, 0.4) is 0 Å². The molecule has 0 unspecified atom stereocenters. The molecule has 0 saturated heterocycles. The minimum Gasteiger partial charge on any atom is -0.494 e. The second-order valence-corrected chi connectivity index (χ2v) is 3.47. The van der Waals surface area contributed by atoms with Gasteiger partial charge in [-0.15, -0.1) is 0 Å². The number of carbonyl (C=O) groups excluding carboxylic acids is 1. The van der Waals surface area contributed by atoms with Crippen molar-refractivity contribution in [3.63, 3.8) is 0 Å². The molecular weight excluding hydrogens is 258 g/mol. The Hall–Kier alpha value is -2.23. The van der Waals surface area contributed by atoms with Gasteiger partial charge in [0.15, 0.2) is 11.4 Å². The van der Waals surface area contributed by atoms with Gasteiger partial charge in [0.05, 0.1) is 25.8 Å². The van der Waals surface area contributed by atoms with Gasteiger partial charge in [-0.05, 0) is 13.0 Å². The number of ether oxygens (including phenoxy) is 2. The maximum absolute atomic E-state index is 12.9. The van der Waals surface area contributed by atoms with Crippen molar-refractivity contribution in [3.8, 4) is 11.8 Å². The molecule has 102 valence electrons. The fraction of sp³-hybridized carbons (Fsp3) is 0.417. The zero-order valence-electron chi connectivity index (χ0n) is 10.4. The highest BCUT2D eigenvalue weighted by molar-refractivity contribution is 5.72. The zero-order valence-corrected chi connectivity index (χ0v) is 10.4. The SMILES string of the molecule is CCOC(=O)Cc1nc(C#N)c(OC)cc1C(F)F. The summed E-state index contributed by atoms with van der Waals surface area (Å²) >= 11 is 0. The van der Waals surface area contributed by atoms with Crippen LogP contribution in [-0.4, -0.2) is 24.7 Å². The van der Waals surface area contributed by atoms with Gasteiger partial charge in [0.2, 0.25) is 0 Å². The first-order chi connectivity index (χ1) is 9.03. The van der Waals surface area contributed by atoms with Crippen LogP contribution in [0.2, 0.25) is 0 Å². The van der Waals surface area contributed by atoms with E-state index in [1.807, 2.05) is 0 Å². The van der Waals surface area contributed by atoms with Crippen LogP contribution in [0.15, 0.2) is 6.07 Å². The van der Waals surface area contributed by atoms with Crippen molar-refractivity contribution in [1.29, 1.82) is 5.26 Å². The number of methoxy groups -OCH3 is 1. The average Bonchev–Trinajstić information content (AvgIpc) is 2.38. The number of aromatic nitrogens is 1. The topological polar surface area (TPSA) is 72.2 Å². The van der Waals surface area contributed by atoms with Crippen LogP contribution >= 0.6 is 0 Å². The molecule has 0 atom stereocenters. The first kappa shape index (κ1) is 14.8. The van der Waals surface area contributed by atoms with Crippen LogP contribution in [0.4, 0.5) is 8.78 Å². The molecule has 0 aliphatic heterocycles. The molecular formula is C12H12F2N2O3. The van der Waals surface area contributed by atoms with E-state index in [0.29, 0.717) is 0 Å². The fourth-order valence-electron chi connectivity index (χ4n) is 1.46. The summed E-state index contributed by atoms with van der Waals surface area (Å²) in [7, 11) is 1.25. The Balaban J connectivity index is 3.21. The Morgan fingerprint density at radius 2 is 2.26 bits per heavy atom. The molecule has 0 N–H and O–H groups in total. The molecule has 5 nitrogen and oxygen atoms in total. The van der Waals surface area contributed by atoms with Crippen LogP contribution < -0.4 is 4.74 Å². The second kappa shape index (κ2) is 6.64. The number of esters is 1. The Bertz CT molecular complexity index is 512. The third-order valence-electron chi connectivity index (χ3n) is 2.28. The third kappa shape index (κ3) is 3.61. The van der Waals surface area contributed by atoms with Gasteiger partial charge >= 0.3 is 5.97 Å². The first-order valence-corrected chi connectivity index (χ1v) is 5.45. The number of nitriles is 1. The van der Waals surface area contributed by atoms with E-state index in [-0.39, 0.29) is 23.7 Å². The molecule has 1 aromatic heterocycles. The number of alkyl halides is 2. The maximum Gasteiger partial charge on any atom is 0.311 e. The summed E-state index contributed by atoms with van der Waals surface area (Å²) in [6.45, 7) is 1.75. The second-order valence-electron chi connectivity index (χ2n) is 3.47.